The summed E-state index contributed by atoms with van der Waals surface area (Å²) in [6, 6.07) is 1.65. The first-order valence-electron chi connectivity index (χ1n) is 4.40. The lowest BCUT2D eigenvalue weighted by Crippen LogP contribution is -2.31. The van der Waals surface area contributed by atoms with Crippen molar-refractivity contribution in [2.24, 2.45) is 0 Å². The second-order valence-electron chi connectivity index (χ2n) is 3.44. The van der Waals surface area contributed by atoms with Crippen molar-refractivity contribution in [1.82, 2.24) is 4.90 Å². The molecule has 0 atom stereocenters. The Morgan fingerprint density at radius 1 is 1.60 bits per heavy atom. The largest absolute Gasteiger partial charge is 0.332 e. The first-order valence-corrected chi connectivity index (χ1v) is 6.07. The fourth-order valence-corrected chi connectivity index (χ4v) is 2.76. The number of alkyl halides is 2. The highest BCUT2D eigenvalue weighted by Gasteiger charge is 2.40. The van der Waals surface area contributed by atoms with Crippen LogP contribution in [-0.2, 0) is 0 Å². The van der Waals surface area contributed by atoms with E-state index in [1.54, 1.807) is 11.4 Å². The third-order valence-electron chi connectivity index (χ3n) is 2.31. The Kier molecular flexibility index (Phi) is 2.81. The molecule has 0 radical (unpaired) electrons. The Balaban J connectivity index is 2.14. The summed E-state index contributed by atoms with van der Waals surface area (Å²) in [6.07, 6.45) is -0.236. The molecule has 2 heterocycles. The quantitative estimate of drug-likeness (QED) is 0.780. The zero-order chi connectivity index (χ0) is 11.1. The fraction of sp³-hybridized carbons (Fsp3) is 0.444. The van der Waals surface area contributed by atoms with E-state index in [4.69, 9.17) is 0 Å². The van der Waals surface area contributed by atoms with Gasteiger partial charge < -0.3 is 4.90 Å². The summed E-state index contributed by atoms with van der Waals surface area (Å²) in [7, 11) is 0. The van der Waals surface area contributed by atoms with Crippen LogP contribution in [0, 0.1) is 0 Å². The minimum atomic E-state index is -2.72. The fourth-order valence-electron chi connectivity index (χ4n) is 1.53. The lowest BCUT2D eigenvalue weighted by atomic mass is 10.3. The number of likely N-dealkylation sites (tertiary alicyclic amines) is 1. The summed E-state index contributed by atoms with van der Waals surface area (Å²) >= 11 is 4.60. The van der Waals surface area contributed by atoms with Gasteiger partial charge in [-0.2, -0.15) is 0 Å². The number of nitrogens with zero attached hydrogens (tertiary/aromatic N) is 1. The van der Waals surface area contributed by atoms with Gasteiger partial charge in [0, 0.05) is 13.0 Å². The van der Waals surface area contributed by atoms with Crippen LogP contribution in [0.1, 0.15) is 16.8 Å². The number of thiophene rings is 1. The van der Waals surface area contributed by atoms with Crippen molar-refractivity contribution in [3.05, 3.63) is 20.8 Å². The molecule has 0 aromatic carbocycles. The van der Waals surface area contributed by atoms with Gasteiger partial charge in [-0.05, 0) is 27.4 Å². The summed E-state index contributed by atoms with van der Waals surface area (Å²) in [4.78, 5) is 13.0. The van der Waals surface area contributed by atoms with Gasteiger partial charge in [0.05, 0.1) is 15.9 Å². The normalized spacial score (nSPS) is 19.5. The van der Waals surface area contributed by atoms with E-state index in [1.165, 1.54) is 16.2 Å². The number of carbonyl (C=O) groups excluding carboxylic acids is 1. The molecule has 15 heavy (non-hydrogen) atoms. The van der Waals surface area contributed by atoms with Gasteiger partial charge in [0.15, 0.2) is 0 Å². The van der Waals surface area contributed by atoms with E-state index < -0.39 is 12.5 Å². The van der Waals surface area contributed by atoms with Crippen LogP contribution < -0.4 is 0 Å². The predicted octanol–water partition coefficient (Wildman–Crippen LogP) is 2.99. The molecule has 0 aliphatic carbocycles. The molecule has 0 bridgehead atoms. The Morgan fingerprint density at radius 2 is 2.33 bits per heavy atom. The van der Waals surface area contributed by atoms with Crippen molar-refractivity contribution >= 4 is 33.2 Å². The molecule has 1 aliphatic rings. The number of carbonyl (C=O) groups is 1. The van der Waals surface area contributed by atoms with Crippen LogP contribution >= 0.6 is 27.3 Å². The Bertz CT molecular complexity index is 393. The van der Waals surface area contributed by atoms with Crippen molar-refractivity contribution in [2.45, 2.75) is 12.3 Å². The van der Waals surface area contributed by atoms with Gasteiger partial charge in [-0.1, -0.05) is 0 Å². The van der Waals surface area contributed by atoms with Gasteiger partial charge in [-0.3, -0.25) is 4.79 Å². The van der Waals surface area contributed by atoms with Crippen LogP contribution in [0.25, 0.3) is 0 Å². The number of hydrogen-bond donors (Lipinski definition) is 0. The van der Waals surface area contributed by atoms with E-state index in [9.17, 15) is 13.6 Å². The maximum absolute atomic E-state index is 12.9. The van der Waals surface area contributed by atoms with Gasteiger partial charge in [0.1, 0.15) is 0 Å². The second kappa shape index (κ2) is 3.83. The zero-order valence-corrected chi connectivity index (χ0v) is 10.1. The van der Waals surface area contributed by atoms with E-state index in [-0.39, 0.29) is 18.9 Å². The van der Waals surface area contributed by atoms with Crippen LogP contribution in [0.15, 0.2) is 15.2 Å². The topological polar surface area (TPSA) is 20.3 Å². The molecule has 2 rings (SSSR count). The van der Waals surface area contributed by atoms with Crippen LogP contribution in [-0.4, -0.2) is 29.8 Å². The highest BCUT2D eigenvalue weighted by Crippen LogP contribution is 2.30. The minimum absolute atomic E-state index is 0.133. The van der Waals surface area contributed by atoms with E-state index in [1.807, 2.05) is 0 Å². The molecule has 0 spiro atoms. The predicted molar refractivity (Wildman–Crippen MR) is 57.5 cm³/mol. The smallest absolute Gasteiger partial charge is 0.267 e. The molecule has 2 nitrogen and oxygen atoms in total. The van der Waals surface area contributed by atoms with Gasteiger partial charge >= 0.3 is 0 Å². The Morgan fingerprint density at radius 3 is 2.80 bits per heavy atom. The SMILES string of the molecule is O=C(c1ccsc1Br)N1CCC(F)(F)C1. The number of hydrogen-bond acceptors (Lipinski definition) is 2. The third kappa shape index (κ3) is 2.20. The van der Waals surface area contributed by atoms with Gasteiger partial charge in [-0.25, -0.2) is 8.78 Å². The number of rotatable bonds is 1. The lowest BCUT2D eigenvalue weighted by molar-refractivity contribution is 0.0120. The standard InChI is InChI=1S/C9H8BrF2NOS/c10-7-6(1-4-15-7)8(14)13-3-2-9(11,12)5-13/h1,4H,2-3,5H2. The number of amides is 1. The van der Waals surface area contributed by atoms with Gasteiger partial charge in [0.2, 0.25) is 0 Å². The number of halogens is 3. The van der Waals surface area contributed by atoms with Crippen LogP contribution in [0.2, 0.25) is 0 Å². The monoisotopic (exact) mass is 295 g/mol. The van der Waals surface area contributed by atoms with E-state index >= 15 is 0 Å². The summed E-state index contributed by atoms with van der Waals surface area (Å²) in [5.74, 6) is -3.04. The highest BCUT2D eigenvalue weighted by molar-refractivity contribution is 9.11. The van der Waals surface area contributed by atoms with E-state index in [0.29, 0.717) is 9.35 Å². The van der Waals surface area contributed by atoms with Crippen LogP contribution in [0.5, 0.6) is 0 Å². The molecule has 1 fully saturated rings. The molecular weight excluding hydrogens is 288 g/mol. The molecule has 82 valence electrons. The summed E-state index contributed by atoms with van der Waals surface area (Å²) in [5, 5.41) is 1.76. The molecule has 0 saturated carbocycles. The zero-order valence-electron chi connectivity index (χ0n) is 7.67. The molecular formula is C9H8BrF2NOS. The minimum Gasteiger partial charge on any atom is -0.332 e. The van der Waals surface area contributed by atoms with E-state index in [0.717, 1.165) is 0 Å². The molecule has 1 saturated heterocycles. The maximum atomic E-state index is 12.9. The molecule has 1 aromatic heterocycles. The first kappa shape index (κ1) is 11.0. The molecule has 0 unspecified atom stereocenters. The van der Waals surface area contributed by atoms with Crippen molar-refractivity contribution in [3.8, 4) is 0 Å². The Hall–Kier alpha value is -0.490. The maximum Gasteiger partial charge on any atom is 0.267 e. The van der Waals surface area contributed by atoms with E-state index in [2.05, 4.69) is 15.9 Å². The molecule has 0 N–H and O–H groups in total. The molecule has 1 aliphatic heterocycles. The highest BCUT2D eigenvalue weighted by atomic mass is 79.9. The second-order valence-corrected chi connectivity index (χ2v) is 5.67. The van der Waals surface area contributed by atoms with Crippen molar-refractivity contribution < 1.29 is 13.6 Å². The molecule has 1 amide bonds. The molecule has 1 aromatic rings. The summed E-state index contributed by atoms with van der Waals surface area (Å²) in [6.45, 7) is -0.331. The van der Waals surface area contributed by atoms with Crippen molar-refractivity contribution in [1.29, 1.82) is 0 Å². The average molecular weight is 296 g/mol. The van der Waals surface area contributed by atoms with Gasteiger partial charge in [0.25, 0.3) is 11.8 Å². The lowest BCUT2D eigenvalue weighted by Gasteiger charge is -2.15. The Labute approximate surface area is 98.0 Å². The third-order valence-corrected chi connectivity index (χ3v) is 3.99. The average Bonchev–Trinajstić information content (AvgIpc) is 2.71. The van der Waals surface area contributed by atoms with Crippen LogP contribution in [0.4, 0.5) is 8.78 Å². The van der Waals surface area contributed by atoms with Crippen molar-refractivity contribution in [2.75, 3.05) is 13.1 Å². The molecule has 6 heteroatoms. The van der Waals surface area contributed by atoms with Crippen molar-refractivity contribution in [3.63, 3.8) is 0 Å². The summed E-state index contributed by atoms with van der Waals surface area (Å²) in [5.41, 5.74) is 0.470. The summed E-state index contributed by atoms with van der Waals surface area (Å²) < 4.78 is 26.5. The van der Waals surface area contributed by atoms with Crippen LogP contribution in [0.3, 0.4) is 0 Å². The van der Waals surface area contributed by atoms with Gasteiger partial charge in [-0.15, -0.1) is 11.3 Å². The first-order chi connectivity index (χ1) is 6.99.